The second kappa shape index (κ2) is 12.9. The van der Waals surface area contributed by atoms with Crippen molar-refractivity contribution in [2.24, 2.45) is 0 Å². The van der Waals surface area contributed by atoms with E-state index in [0.29, 0.717) is 0 Å². The summed E-state index contributed by atoms with van der Waals surface area (Å²) in [5.41, 5.74) is 1.27. The zero-order valence-corrected chi connectivity index (χ0v) is 19.3. The van der Waals surface area contributed by atoms with Gasteiger partial charge in [-0.25, -0.2) is 0 Å². The molecule has 0 fully saturated rings. The van der Waals surface area contributed by atoms with E-state index in [1.54, 1.807) is 0 Å². The molecule has 0 spiro atoms. The van der Waals surface area contributed by atoms with Crippen LogP contribution in [0.4, 0.5) is 0 Å². The summed E-state index contributed by atoms with van der Waals surface area (Å²) in [4.78, 5) is 0. The fourth-order valence-electron chi connectivity index (χ4n) is 3.26. The van der Waals surface area contributed by atoms with Crippen LogP contribution in [0.5, 0.6) is 0 Å². The normalized spacial score (nSPS) is 12.4. The molecular formula is C22H38OSn. The van der Waals surface area contributed by atoms with E-state index in [0.717, 1.165) is 6.42 Å². The van der Waals surface area contributed by atoms with Crippen LogP contribution in [0.1, 0.15) is 78.2 Å². The summed E-state index contributed by atoms with van der Waals surface area (Å²) in [6, 6.07) is 10.8. The quantitative estimate of drug-likeness (QED) is 0.226. The van der Waals surface area contributed by atoms with Gasteiger partial charge in [0.05, 0.1) is 0 Å². The summed E-state index contributed by atoms with van der Waals surface area (Å²) in [5.74, 6) is 1.18. The predicted molar refractivity (Wildman–Crippen MR) is 111 cm³/mol. The van der Waals surface area contributed by atoms with Gasteiger partial charge in [-0.3, -0.25) is 0 Å². The van der Waals surface area contributed by atoms with Crippen molar-refractivity contribution in [3.8, 4) is 0 Å². The molecule has 0 aliphatic carbocycles. The molecule has 1 rings (SSSR count). The van der Waals surface area contributed by atoms with Crippen molar-refractivity contribution in [3.05, 3.63) is 42.0 Å². The van der Waals surface area contributed by atoms with Gasteiger partial charge in [-0.2, -0.15) is 0 Å². The molecule has 0 bridgehead atoms. The maximum atomic E-state index is 7.04. The first kappa shape index (κ1) is 21.6. The van der Waals surface area contributed by atoms with Gasteiger partial charge in [0.15, 0.2) is 0 Å². The summed E-state index contributed by atoms with van der Waals surface area (Å²) < 4.78 is 11.2. The zero-order valence-electron chi connectivity index (χ0n) is 16.4. The van der Waals surface area contributed by atoms with E-state index in [1.807, 2.05) is 0 Å². The molecule has 1 aromatic rings. The SMILES string of the molecule is CC/C=C(\[O][Sn]([CH2]CCC)([CH2]CCC)[CH2]CCC)c1ccccc1. The van der Waals surface area contributed by atoms with Gasteiger partial charge in [-0.15, -0.1) is 0 Å². The molecular weight excluding hydrogens is 399 g/mol. The van der Waals surface area contributed by atoms with Gasteiger partial charge < -0.3 is 0 Å². The number of hydrogen-bond donors (Lipinski definition) is 0. The summed E-state index contributed by atoms with van der Waals surface area (Å²) in [7, 11) is 0. The molecule has 2 heteroatoms. The van der Waals surface area contributed by atoms with E-state index in [4.69, 9.17) is 3.07 Å². The first-order valence-corrected chi connectivity index (χ1v) is 17.4. The Balaban J connectivity index is 3.06. The fourth-order valence-corrected chi connectivity index (χ4v) is 16.7. The van der Waals surface area contributed by atoms with Crippen LogP contribution in [0.25, 0.3) is 5.76 Å². The zero-order chi connectivity index (χ0) is 17.7. The van der Waals surface area contributed by atoms with Crippen molar-refractivity contribution in [3.63, 3.8) is 0 Å². The average molecular weight is 437 g/mol. The Morgan fingerprint density at radius 2 is 1.33 bits per heavy atom. The minimum absolute atomic E-state index is 1.04. The first-order valence-electron chi connectivity index (χ1n) is 10.2. The van der Waals surface area contributed by atoms with Gasteiger partial charge in [0, 0.05) is 0 Å². The predicted octanol–water partition coefficient (Wildman–Crippen LogP) is 7.80. The van der Waals surface area contributed by atoms with Gasteiger partial charge in [0.2, 0.25) is 0 Å². The fraction of sp³-hybridized carbons (Fsp3) is 0.636. The molecule has 0 unspecified atom stereocenters. The Morgan fingerprint density at radius 1 is 0.833 bits per heavy atom. The summed E-state index contributed by atoms with van der Waals surface area (Å²) in [5, 5.41) is 0. The van der Waals surface area contributed by atoms with Crippen molar-refractivity contribution in [2.45, 2.75) is 86.0 Å². The first-order chi connectivity index (χ1) is 11.7. The van der Waals surface area contributed by atoms with Crippen LogP contribution in [0.3, 0.4) is 0 Å². The average Bonchev–Trinajstić information content (AvgIpc) is 2.63. The van der Waals surface area contributed by atoms with Gasteiger partial charge in [0.25, 0.3) is 0 Å². The standard InChI is InChI=1S/C10H12O.3C4H9.Sn/c1-2-6-10(11)9-7-4-3-5-8-9;3*1-3-4-2;/h3-8,11H,2H2,1H3;3*1,3-4H2,2H3;/q;;;;+1/p-1/b10-6-;;;;. The molecule has 1 aromatic carbocycles. The molecule has 0 radical (unpaired) electrons. The van der Waals surface area contributed by atoms with Gasteiger partial charge in [-0.05, 0) is 0 Å². The third-order valence-corrected chi connectivity index (χ3v) is 17.4. The van der Waals surface area contributed by atoms with Crippen LogP contribution < -0.4 is 0 Å². The van der Waals surface area contributed by atoms with Crippen molar-refractivity contribution in [2.75, 3.05) is 0 Å². The molecule has 0 saturated carbocycles. The number of benzene rings is 1. The Labute approximate surface area is 155 Å². The molecule has 0 saturated heterocycles. The monoisotopic (exact) mass is 438 g/mol. The maximum absolute atomic E-state index is 7.04. The van der Waals surface area contributed by atoms with Crippen LogP contribution in [-0.4, -0.2) is 18.8 Å². The Hall–Kier alpha value is -0.441. The minimum atomic E-state index is -2.59. The third-order valence-electron chi connectivity index (χ3n) is 4.73. The van der Waals surface area contributed by atoms with Crippen LogP contribution in [0, 0.1) is 0 Å². The van der Waals surface area contributed by atoms with E-state index >= 15 is 0 Å². The van der Waals surface area contributed by atoms with Crippen molar-refractivity contribution >= 4 is 24.6 Å². The molecule has 0 N–H and O–H groups in total. The second-order valence-corrected chi connectivity index (χ2v) is 18.6. The van der Waals surface area contributed by atoms with Crippen LogP contribution >= 0.6 is 0 Å². The Kier molecular flexibility index (Phi) is 11.6. The van der Waals surface area contributed by atoms with E-state index in [1.165, 1.54) is 63.2 Å². The van der Waals surface area contributed by atoms with Crippen LogP contribution in [0.15, 0.2) is 36.4 Å². The molecule has 0 heterocycles. The number of allylic oxidation sites excluding steroid dienone is 1. The van der Waals surface area contributed by atoms with Crippen LogP contribution in [-0.2, 0) is 3.07 Å². The van der Waals surface area contributed by atoms with E-state index in [-0.39, 0.29) is 0 Å². The topological polar surface area (TPSA) is 9.23 Å². The number of hydrogen-bond acceptors (Lipinski definition) is 1. The third kappa shape index (κ3) is 7.63. The van der Waals surface area contributed by atoms with E-state index in [9.17, 15) is 0 Å². The Bertz CT molecular complexity index is 431. The van der Waals surface area contributed by atoms with Crippen molar-refractivity contribution in [1.29, 1.82) is 0 Å². The second-order valence-electron chi connectivity index (χ2n) is 6.94. The van der Waals surface area contributed by atoms with Gasteiger partial charge in [0.1, 0.15) is 0 Å². The molecule has 0 aliphatic rings. The van der Waals surface area contributed by atoms with Crippen LogP contribution in [0.2, 0.25) is 13.3 Å². The molecule has 1 nitrogen and oxygen atoms in total. The van der Waals surface area contributed by atoms with E-state index < -0.39 is 18.8 Å². The summed E-state index contributed by atoms with van der Waals surface area (Å²) >= 11 is -2.59. The molecule has 0 aromatic heterocycles. The molecule has 24 heavy (non-hydrogen) atoms. The number of unbranched alkanes of at least 4 members (excludes halogenated alkanes) is 3. The molecule has 0 amide bonds. The van der Waals surface area contributed by atoms with Crippen molar-refractivity contribution < 1.29 is 3.07 Å². The number of rotatable bonds is 13. The van der Waals surface area contributed by atoms with E-state index in [2.05, 4.69) is 64.1 Å². The summed E-state index contributed by atoms with van der Waals surface area (Å²) in [6.45, 7) is 9.16. The Morgan fingerprint density at radius 3 is 1.75 bits per heavy atom. The molecule has 0 atom stereocenters. The van der Waals surface area contributed by atoms with Gasteiger partial charge >= 0.3 is 156 Å². The summed E-state index contributed by atoms with van der Waals surface area (Å²) in [6.07, 6.45) is 11.3. The molecule has 136 valence electrons. The molecule has 0 aliphatic heterocycles. The van der Waals surface area contributed by atoms with Crippen molar-refractivity contribution in [1.82, 2.24) is 0 Å². The van der Waals surface area contributed by atoms with Gasteiger partial charge in [-0.1, -0.05) is 0 Å².